The van der Waals surface area contributed by atoms with Crippen LogP contribution in [0.25, 0.3) is 0 Å². The third kappa shape index (κ3) is 12.4. The van der Waals surface area contributed by atoms with Crippen molar-refractivity contribution in [2.24, 2.45) is 10.9 Å². The summed E-state index contributed by atoms with van der Waals surface area (Å²) in [5.74, 6) is 1.48. The fourth-order valence-corrected chi connectivity index (χ4v) is 3.66. The molecule has 0 aromatic rings. The van der Waals surface area contributed by atoms with Crippen LogP contribution in [-0.2, 0) is 14.2 Å². The molecule has 0 spiro atoms. The van der Waals surface area contributed by atoms with Gasteiger partial charge in [0.25, 0.3) is 0 Å². The Morgan fingerprint density at radius 1 is 0.964 bits per heavy atom. The molecule has 166 valence electrons. The molecule has 7 heteroatoms. The predicted molar refractivity (Wildman–Crippen MR) is 126 cm³/mol. The molecule has 0 radical (unpaired) electrons. The standard InChI is InChI=1S/C21H41N3O3.HI/c1-22-21(24-13-8-14-25-17-19-11-16-26-18-19)23-12-6-3-7-15-27-20-9-4-2-5-10-20;/h19-20H,2-18H2,1H3,(H2,22,23,24);1H. The first-order valence-electron chi connectivity index (χ1n) is 11.1. The molecule has 1 saturated carbocycles. The molecule has 1 aliphatic carbocycles. The van der Waals surface area contributed by atoms with Crippen molar-refractivity contribution in [3.63, 3.8) is 0 Å². The summed E-state index contributed by atoms with van der Waals surface area (Å²) in [6.07, 6.45) is 12.8. The monoisotopic (exact) mass is 511 g/mol. The van der Waals surface area contributed by atoms with E-state index in [1.54, 1.807) is 0 Å². The number of nitrogens with zero attached hydrogens (tertiary/aromatic N) is 1. The average Bonchev–Trinajstić information content (AvgIpc) is 3.22. The largest absolute Gasteiger partial charge is 0.381 e. The molecule has 1 atom stereocenters. The van der Waals surface area contributed by atoms with E-state index in [0.29, 0.717) is 12.0 Å². The van der Waals surface area contributed by atoms with Crippen LogP contribution >= 0.6 is 24.0 Å². The summed E-state index contributed by atoms with van der Waals surface area (Å²) in [4.78, 5) is 4.28. The molecule has 1 unspecified atom stereocenters. The summed E-state index contributed by atoms with van der Waals surface area (Å²) in [7, 11) is 1.82. The first-order valence-corrected chi connectivity index (χ1v) is 11.1. The van der Waals surface area contributed by atoms with Crippen molar-refractivity contribution in [2.75, 3.05) is 53.2 Å². The van der Waals surface area contributed by atoms with Gasteiger partial charge >= 0.3 is 0 Å². The zero-order chi connectivity index (χ0) is 19.0. The minimum Gasteiger partial charge on any atom is -0.381 e. The van der Waals surface area contributed by atoms with Gasteiger partial charge < -0.3 is 24.8 Å². The predicted octanol–water partition coefficient (Wildman–Crippen LogP) is 3.73. The maximum atomic E-state index is 5.97. The van der Waals surface area contributed by atoms with E-state index in [9.17, 15) is 0 Å². The third-order valence-electron chi connectivity index (χ3n) is 5.38. The highest BCUT2D eigenvalue weighted by molar-refractivity contribution is 14.0. The van der Waals surface area contributed by atoms with Gasteiger partial charge in [-0.2, -0.15) is 0 Å². The van der Waals surface area contributed by atoms with Crippen molar-refractivity contribution in [1.82, 2.24) is 10.6 Å². The zero-order valence-corrected chi connectivity index (χ0v) is 20.1. The van der Waals surface area contributed by atoms with Gasteiger partial charge in [-0.3, -0.25) is 4.99 Å². The van der Waals surface area contributed by atoms with Crippen LogP contribution in [0.5, 0.6) is 0 Å². The van der Waals surface area contributed by atoms with E-state index in [4.69, 9.17) is 14.2 Å². The molecule has 2 fully saturated rings. The van der Waals surface area contributed by atoms with E-state index in [1.807, 2.05) is 7.05 Å². The zero-order valence-electron chi connectivity index (χ0n) is 17.8. The Kier molecular flexibility index (Phi) is 16.4. The molecule has 6 nitrogen and oxygen atoms in total. The molecule has 0 bridgehead atoms. The van der Waals surface area contributed by atoms with Gasteiger partial charge in [0.1, 0.15) is 0 Å². The van der Waals surface area contributed by atoms with Crippen molar-refractivity contribution in [2.45, 2.75) is 70.3 Å². The van der Waals surface area contributed by atoms with E-state index in [1.165, 1.54) is 38.5 Å². The molecule has 2 aliphatic rings. The number of aliphatic imine (C=N–C) groups is 1. The van der Waals surface area contributed by atoms with Gasteiger partial charge in [-0.15, -0.1) is 24.0 Å². The van der Waals surface area contributed by atoms with Crippen LogP contribution in [0.2, 0.25) is 0 Å². The van der Waals surface area contributed by atoms with Crippen LogP contribution in [0.15, 0.2) is 4.99 Å². The number of nitrogens with one attached hydrogen (secondary N) is 2. The lowest BCUT2D eigenvalue weighted by atomic mass is 9.98. The fourth-order valence-electron chi connectivity index (χ4n) is 3.66. The van der Waals surface area contributed by atoms with Gasteiger partial charge in [0, 0.05) is 45.9 Å². The van der Waals surface area contributed by atoms with Gasteiger partial charge in [-0.25, -0.2) is 0 Å². The summed E-state index contributed by atoms with van der Waals surface area (Å²) in [6, 6.07) is 0. The van der Waals surface area contributed by atoms with Crippen molar-refractivity contribution >= 4 is 29.9 Å². The number of halogens is 1. The summed E-state index contributed by atoms with van der Waals surface area (Å²) in [6.45, 7) is 6.15. The summed E-state index contributed by atoms with van der Waals surface area (Å²) >= 11 is 0. The van der Waals surface area contributed by atoms with Crippen LogP contribution < -0.4 is 10.6 Å². The summed E-state index contributed by atoms with van der Waals surface area (Å²) < 4.78 is 17.0. The van der Waals surface area contributed by atoms with Crippen molar-refractivity contribution in [3.05, 3.63) is 0 Å². The van der Waals surface area contributed by atoms with Gasteiger partial charge in [0.2, 0.25) is 0 Å². The van der Waals surface area contributed by atoms with Gasteiger partial charge in [-0.05, 0) is 44.9 Å². The first-order chi connectivity index (χ1) is 13.4. The molecule has 1 saturated heterocycles. The van der Waals surface area contributed by atoms with E-state index >= 15 is 0 Å². The summed E-state index contributed by atoms with van der Waals surface area (Å²) in [5, 5.41) is 6.74. The van der Waals surface area contributed by atoms with E-state index < -0.39 is 0 Å². The number of hydrogen-bond donors (Lipinski definition) is 2. The minimum absolute atomic E-state index is 0. The molecule has 0 amide bonds. The van der Waals surface area contributed by atoms with Gasteiger partial charge in [0.05, 0.1) is 19.3 Å². The Hall–Kier alpha value is -0.120. The summed E-state index contributed by atoms with van der Waals surface area (Å²) in [5.41, 5.74) is 0. The highest BCUT2D eigenvalue weighted by Gasteiger charge is 2.15. The lowest BCUT2D eigenvalue weighted by Gasteiger charge is -2.21. The van der Waals surface area contributed by atoms with Crippen LogP contribution in [0.3, 0.4) is 0 Å². The topological polar surface area (TPSA) is 64.1 Å². The third-order valence-corrected chi connectivity index (χ3v) is 5.38. The SMILES string of the molecule is CN=C(NCCCCCOC1CCCCC1)NCCCOCC1CCOC1.I. The van der Waals surface area contributed by atoms with Crippen LogP contribution in [0, 0.1) is 5.92 Å². The molecular weight excluding hydrogens is 469 g/mol. The highest BCUT2D eigenvalue weighted by atomic mass is 127. The highest BCUT2D eigenvalue weighted by Crippen LogP contribution is 2.20. The normalized spacial score (nSPS) is 20.8. The molecule has 28 heavy (non-hydrogen) atoms. The Balaban J connectivity index is 0.00000392. The van der Waals surface area contributed by atoms with E-state index in [0.717, 1.165) is 77.8 Å². The number of unbranched alkanes of at least 4 members (excludes halogenated alkanes) is 2. The second kappa shape index (κ2) is 17.7. The fraction of sp³-hybridized carbons (Fsp3) is 0.952. The molecule has 0 aromatic carbocycles. The molecular formula is C21H42IN3O3. The van der Waals surface area contributed by atoms with Crippen LogP contribution in [0.1, 0.15) is 64.2 Å². The molecule has 0 aromatic heterocycles. The Morgan fingerprint density at radius 2 is 1.75 bits per heavy atom. The van der Waals surface area contributed by atoms with Crippen molar-refractivity contribution < 1.29 is 14.2 Å². The Labute approximate surface area is 189 Å². The number of guanidine groups is 1. The average molecular weight is 511 g/mol. The van der Waals surface area contributed by atoms with Crippen molar-refractivity contribution in [3.8, 4) is 0 Å². The van der Waals surface area contributed by atoms with E-state index in [2.05, 4.69) is 15.6 Å². The van der Waals surface area contributed by atoms with Crippen molar-refractivity contribution in [1.29, 1.82) is 0 Å². The van der Waals surface area contributed by atoms with Crippen LogP contribution in [-0.4, -0.2) is 65.2 Å². The molecule has 1 heterocycles. The smallest absolute Gasteiger partial charge is 0.190 e. The first kappa shape index (κ1) is 25.9. The molecule has 1 aliphatic heterocycles. The number of hydrogen-bond acceptors (Lipinski definition) is 4. The second-order valence-electron chi connectivity index (χ2n) is 7.78. The molecule has 2 N–H and O–H groups in total. The van der Waals surface area contributed by atoms with Gasteiger partial charge in [0.15, 0.2) is 5.96 Å². The minimum atomic E-state index is 0. The van der Waals surface area contributed by atoms with Crippen LogP contribution in [0.4, 0.5) is 0 Å². The van der Waals surface area contributed by atoms with E-state index in [-0.39, 0.29) is 24.0 Å². The second-order valence-corrected chi connectivity index (χ2v) is 7.78. The quantitative estimate of drug-likeness (QED) is 0.171. The number of ether oxygens (including phenoxy) is 3. The lowest BCUT2D eigenvalue weighted by Crippen LogP contribution is -2.38. The number of rotatable bonds is 13. The Bertz CT molecular complexity index is 387. The maximum absolute atomic E-state index is 5.97. The van der Waals surface area contributed by atoms with Gasteiger partial charge in [-0.1, -0.05) is 19.3 Å². The lowest BCUT2D eigenvalue weighted by molar-refractivity contribution is 0.0264. The maximum Gasteiger partial charge on any atom is 0.190 e. The Morgan fingerprint density at radius 3 is 2.46 bits per heavy atom. The molecule has 2 rings (SSSR count).